The Morgan fingerprint density at radius 2 is 1.52 bits per heavy atom. The highest BCUT2D eigenvalue weighted by atomic mass is 79.9. The SMILES string of the molecule is COc1ccccc1S(=O)(=O)CCCCCCCCCBr. The molecule has 0 heterocycles. The first kappa shape index (κ1) is 18.5. The molecule has 0 saturated carbocycles. The minimum absolute atomic E-state index is 0.203. The summed E-state index contributed by atoms with van der Waals surface area (Å²) in [5, 5.41) is 1.07. The van der Waals surface area contributed by atoms with Gasteiger partial charge in [-0.15, -0.1) is 0 Å². The molecule has 0 aromatic heterocycles. The van der Waals surface area contributed by atoms with Crippen LogP contribution in [-0.2, 0) is 9.84 Å². The van der Waals surface area contributed by atoms with E-state index in [1.165, 1.54) is 32.8 Å². The number of unbranched alkanes of at least 4 members (excludes halogenated alkanes) is 6. The summed E-state index contributed by atoms with van der Waals surface area (Å²) in [7, 11) is -1.73. The second kappa shape index (κ2) is 10.2. The number of para-hydroxylation sites is 1. The van der Waals surface area contributed by atoms with E-state index >= 15 is 0 Å². The zero-order valence-electron chi connectivity index (χ0n) is 12.7. The van der Waals surface area contributed by atoms with Gasteiger partial charge in [-0.25, -0.2) is 8.42 Å². The van der Waals surface area contributed by atoms with Crippen molar-refractivity contribution in [2.24, 2.45) is 0 Å². The van der Waals surface area contributed by atoms with Crippen LogP contribution in [0.4, 0.5) is 0 Å². The molecular weight excluding hydrogens is 352 g/mol. The summed E-state index contributed by atoms with van der Waals surface area (Å²) in [6.07, 6.45) is 7.73. The average Bonchev–Trinajstić information content (AvgIpc) is 2.50. The molecule has 0 atom stereocenters. The molecule has 0 radical (unpaired) electrons. The van der Waals surface area contributed by atoms with Gasteiger partial charge in [0.05, 0.1) is 12.9 Å². The Labute approximate surface area is 137 Å². The number of methoxy groups -OCH3 is 1. The lowest BCUT2D eigenvalue weighted by Crippen LogP contribution is -2.08. The molecule has 0 unspecified atom stereocenters. The molecule has 0 aliphatic heterocycles. The second-order valence-electron chi connectivity index (χ2n) is 5.13. The summed E-state index contributed by atoms with van der Waals surface area (Å²) < 4.78 is 29.7. The fourth-order valence-corrected chi connectivity index (χ4v) is 4.20. The van der Waals surface area contributed by atoms with E-state index in [-0.39, 0.29) is 5.75 Å². The molecule has 0 amide bonds. The van der Waals surface area contributed by atoms with Crippen molar-refractivity contribution in [3.05, 3.63) is 24.3 Å². The van der Waals surface area contributed by atoms with Crippen molar-refractivity contribution in [3.8, 4) is 5.75 Å². The van der Waals surface area contributed by atoms with E-state index in [9.17, 15) is 8.42 Å². The molecule has 1 aromatic rings. The number of alkyl halides is 1. The molecule has 0 fully saturated rings. The minimum Gasteiger partial charge on any atom is -0.495 e. The van der Waals surface area contributed by atoms with Crippen LogP contribution < -0.4 is 4.74 Å². The van der Waals surface area contributed by atoms with Crippen molar-refractivity contribution in [2.45, 2.75) is 49.8 Å². The number of hydrogen-bond donors (Lipinski definition) is 0. The van der Waals surface area contributed by atoms with Gasteiger partial charge in [0.2, 0.25) is 0 Å². The van der Waals surface area contributed by atoms with Crippen molar-refractivity contribution in [2.75, 3.05) is 18.2 Å². The maximum Gasteiger partial charge on any atom is 0.182 e. The molecule has 0 aliphatic rings. The second-order valence-corrected chi connectivity index (χ2v) is 8.00. The Kier molecular flexibility index (Phi) is 9.00. The van der Waals surface area contributed by atoms with Gasteiger partial charge >= 0.3 is 0 Å². The molecule has 0 N–H and O–H groups in total. The summed E-state index contributed by atoms with van der Waals surface area (Å²) in [4.78, 5) is 0.310. The van der Waals surface area contributed by atoms with E-state index in [1.807, 2.05) is 0 Å². The zero-order chi connectivity index (χ0) is 15.6. The smallest absolute Gasteiger partial charge is 0.182 e. The van der Waals surface area contributed by atoms with Crippen LogP contribution in [0, 0.1) is 0 Å². The van der Waals surface area contributed by atoms with Crippen LogP contribution in [0.15, 0.2) is 29.2 Å². The van der Waals surface area contributed by atoms with Crippen LogP contribution in [0.3, 0.4) is 0 Å². The lowest BCUT2D eigenvalue weighted by molar-refractivity contribution is 0.402. The van der Waals surface area contributed by atoms with Crippen LogP contribution in [0.1, 0.15) is 44.9 Å². The molecule has 0 spiro atoms. The molecule has 0 aliphatic carbocycles. The minimum atomic E-state index is -3.24. The third-order valence-electron chi connectivity index (χ3n) is 3.45. The fourth-order valence-electron chi connectivity index (χ4n) is 2.26. The monoisotopic (exact) mass is 376 g/mol. The van der Waals surface area contributed by atoms with Crippen LogP contribution in [0.25, 0.3) is 0 Å². The summed E-state index contributed by atoms with van der Waals surface area (Å²) in [6.45, 7) is 0. The van der Waals surface area contributed by atoms with Crippen molar-refractivity contribution in [1.29, 1.82) is 0 Å². The maximum atomic E-state index is 12.3. The molecule has 120 valence electrons. The van der Waals surface area contributed by atoms with E-state index in [0.717, 1.165) is 24.6 Å². The highest BCUT2D eigenvalue weighted by Gasteiger charge is 2.18. The summed E-state index contributed by atoms with van der Waals surface area (Å²) in [5.41, 5.74) is 0. The van der Waals surface area contributed by atoms with E-state index in [0.29, 0.717) is 10.6 Å². The van der Waals surface area contributed by atoms with Gasteiger partial charge in [-0.05, 0) is 25.0 Å². The molecule has 5 heteroatoms. The molecule has 1 rings (SSSR count). The van der Waals surface area contributed by atoms with E-state index < -0.39 is 9.84 Å². The third-order valence-corrected chi connectivity index (χ3v) is 5.85. The molecule has 21 heavy (non-hydrogen) atoms. The van der Waals surface area contributed by atoms with Gasteiger partial charge in [-0.3, -0.25) is 0 Å². The van der Waals surface area contributed by atoms with E-state index in [4.69, 9.17) is 4.74 Å². The summed E-state index contributed by atoms with van der Waals surface area (Å²) in [6, 6.07) is 6.83. The number of ether oxygens (including phenoxy) is 1. The van der Waals surface area contributed by atoms with Gasteiger partial charge in [0.1, 0.15) is 10.6 Å². The van der Waals surface area contributed by atoms with Crippen molar-refractivity contribution < 1.29 is 13.2 Å². The van der Waals surface area contributed by atoms with Crippen molar-refractivity contribution >= 4 is 25.8 Å². The molecule has 1 aromatic carbocycles. The Bertz CT molecular complexity index is 500. The van der Waals surface area contributed by atoms with Crippen LogP contribution in [0.2, 0.25) is 0 Å². The van der Waals surface area contributed by atoms with Gasteiger partial charge < -0.3 is 4.74 Å². The molecule has 0 bridgehead atoms. The predicted octanol–water partition coefficient (Wildman–Crippen LogP) is 4.59. The normalized spacial score (nSPS) is 11.5. The predicted molar refractivity (Wildman–Crippen MR) is 91.2 cm³/mol. The molecular formula is C16H25BrO3S. The lowest BCUT2D eigenvalue weighted by Gasteiger charge is -2.09. The fraction of sp³-hybridized carbons (Fsp3) is 0.625. The van der Waals surface area contributed by atoms with Gasteiger partial charge in [0.15, 0.2) is 9.84 Å². The van der Waals surface area contributed by atoms with Crippen molar-refractivity contribution in [1.82, 2.24) is 0 Å². The van der Waals surface area contributed by atoms with Crippen molar-refractivity contribution in [3.63, 3.8) is 0 Å². The number of rotatable bonds is 11. The van der Waals surface area contributed by atoms with Gasteiger partial charge in [-0.2, -0.15) is 0 Å². The van der Waals surface area contributed by atoms with Gasteiger partial charge in [-0.1, -0.05) is 60.2 Å². The number of benzene rings is 1. The van der Waals surface area contributed by atoms with Crippen LogP contribution in [0.5, 0.6) is 5.75 Å². The van der Waals surface area contributed by atoms with Crippen LogP contribution >= 0.6 is 15.9 Å². The summed E-state index contributed by atoms with van der Waals surface area (Å²) in [5.74, 6) is 0.640. The van der Waals surface area contributed by atoms with Gasteiger partial charge in [0.25, 0.3) is 0 Å². The topological polar surface area (TPSA) is 43.4 Å². The maximum absolute atomic E-state index is 12.3. The highest BCUT2D eigenvalue weighted by molar-refractivity contribution is 9.09. The Morgan fingerprint density at radius 3 is 2.14 bits per heavy atom. The molecule has 3 nitrogen and oxygen atoms in total. The number of halogens is 1. The summed E-state index contributed by atoms with van der Waals surface area (Å²) >= 11 is 3.42. The first-order valence-electron chi connectivity index (χ1n) is 7.53. The largest absolute Gasteiger partial charge is 0.495 e. The zero-order valence-corrected chi connectivity index (χ0v) is 15.1. The van der Waals surface area contributed by atoms with Crippen LogP contribution in [-0.4, -0.2) is 26.6 Å². The van der Waals surface area contributed by atoms with Gasteiger partial charge in [0, 0.05) is 5.33 Å². The lowest BCUT2D eigenvalue weighted by atomic mass is 10.1. The standard InChI is InChI=1S/C16H25BrO3S/c1-20-15-11-7-8-12-16(15)21(18,19)14-10-6-4-2-3-5-9-13-17/h7-8,11-12H,2-6,9-10,13-14H2,1H3. The Hall–Kier alpha value is -0.550. The molecule has 0 saturated heterocycles. The quantitative estimate of drug-likeness (QED) is 0.418. The Balaban J connectivity index is 2.33. The average molecular weight is 377 g/mol. The first-order chi connectivity index (χ1) is 10.1. The number of sulfone groups is 1. The van der Waals surface area contributed by atoms with E-state index in [1.54, 1.807) is 24.3 Å². The first-order valence-corrected chi connectivity index (χ1v) is 10.3. The third kappa shape index (κ3) is 6.83. The van der Waals surface area contributed by atoms with E-state index in [2.05, 4.69) is 15.9 Å². The Morgan fingerprint density at radius 1 is 0.952 bits per heavy atom. The highest BCUT2D eigenvalue weighted by Crippen LogP contribution is 2.24. The number of hydrogen-bond acceptors (Lipinski definition) is 3.